The zero-order chi connectivity index (χ0) is 11.1. The number of fused-ring (bicyclic) bond motifs is 1. The van der Waals surface area contributed by atoms with Gasteiger partial charge in [0.05, 0.1) is 10.9 Å². The first-order chi connectivity index (χ1) is 7.02. The van der Waals surface area contributed by atoms with Crippen molar-refractivity contribution in [3.05, 3.63) is 23.5 Å². The Labute approximate surface area is 81.3 Å². The van der Waals surface area contributed by atoms with Crippen LogP contribution in [0, 0.1) is 11.3 Å². The molecule has 0 amide bonds. The molecule has 0 atom stereocenters. The number of nitrogens with zero attached hydrogens (tertiary/aromatic N) is 3. The lowest BCUT2D eigenvalue weighted by molar-refractivity contribution is -0.139. The van der Waals surface area contributed by atoms with Crippen LogP contribution in [0.25, 0.3) is 11.0 Å². The Morgan fingerprint density at radius 2 is 2.13 bits per heavy atom. The van der Waals surface area contributed by atoms with Gasteiger partial charge < -0.3 is 0 Å². The van der Waals surface area contributed by atoms with Gasteiger partial charge >= 0.3 is 6.18 Å². The third-order valence-electron chi connectivity index (χ3n) is 1.82. The fourth-order valence-electron chi connectivity index (χ4n) is 1.18. The molecule has 2 aromatic rings. The molecule has 4 nitrogen and oxygen atoms in total. The molecule has 2 rings (SSSR count). The van der Waals surface area contributed by atoms with Crippen LogP contribution in [0.2, 0.25) is 0 Å². The van der Waals surface area contributed by atoms with Crippen molar-refractivity contribution < 1.29 is 13.2 Å². The molecule has 15 heavy (non-hydrogen) atoms. The summed E-state index contributed by atoms with van der Waals surface area (Å²) in [6.45, 7) is 0. The molecule has 76 valence electrons. The summed E-state index contributed by atoms with van der Waals surface area (Å²) in [7, 11) is 0. The maximum atomic E-state index is 12.4. The quantitative estimate of drug-likeness (QED) is 0.724. The molecule has 0 aliphatic heterocycles. The maximum absolute atomic E-state index is 12.4. The Morgan fingerprint density at radius 3 is 2.73 bits per heavy atom. The standard InChI is InChI=1S/C8H3F3N4/c9-8(10,11)6-5-1-4(2-12)3-13-7(5)15-14-6/h1,3H,(H,13,14,15). The van der Waals surface area contributed by atoms with Gasteiger partial charge in [-0.15, -0.1) is 0 Å². The zero-order valence-electron chi connectivity index (χ0n) is 7.13. The average molecular weight is 212 g/mol. The van der Waals surface area contributed by atoms with Gasteiger partial charge in [-0.2, -0.15) is 23.5 Å². The number of aromatic nitrogens is 3. The largest absolute Gasteiger partial charge is 0.433 e. The number of pyridine rings is 1. The molecule has 0 aliphatic rings. The van der Waals surface area contributed by atoms with Crippen LogP contribution in [0.4, 0.5) is 13.2 Å². The van der Waals surface area contributed by atoms with Gasteiger partial charge in [0.1, 0.15) is 11.8 Å². The fraction of sp³-hybridized carbons (Fsp3) is 0.125. The van der Waals surface area contributed by atoms with E-state index in [4.69, 9.17) is 5.26 Å². The van der Waals surface area contributed by atoms with Crippen LogP contribution < -0.4 is 0 Å². The van der Waals surface area contributed by atoms with Crippen LogP contribution in [-0.4, -0.2) is 15.2 Å². The molecule has 0 aromatic carbocycles. The third kappa shape index (κ3) is 1.50. The molecule has 2 aromatic heterocycles. The molecule has 0 aliphatic carbocycles. The fourth-order valence-corrected chi connectivity index (χ4v) is 1.18. The van der Waals surface area contributed by atoms with Crippen molar-refractivity contribution in [1.82, 2.24) is 15.2 Å². The molecule has 0 saturated heterocycles. The number of halogens is 3. The highest BCUT2D eigenvalue weighted by molar-refractivity contribution is 5.79. The van der Waals surface area contributed by atoms with E-state index in [2.05, 4.69) is 10.1 Å². The first-order valence-electron chi connectivity index (χ1n) is 3.84. The summed E-state index contributed by atoms with van der Waals surface area (Å²) in [4.78, 5) is 3.62. The molecule has 0 unspecified atom stereocenters. The Bertz CT molecular complexity index is 549. The van der Waals surface area contributed by atoms with Gasteiger partial charge in [0.15, 0.2) is 5.65 Å². The Hall–Kier alpha value is -2.10. The second-order valence-electron chi connectivity index (χ2n) is 2.80. The van der Waals surface area contributed by atoms with Crippen molar-refractivity contribution in [2.45, 2.75) is 6.18 Å². The number of hydrogen-bond acceptors (Lipinski definition) is 3. The normalized spacial score (nSPS) is 11.6. The number of hydrogen-bond donors (Lipinski definition) is 1. The number of alkyl halides is 3. The van der Waals surface area contributed by atoms with Crippen LogP contribution in [0.5, 0.6) is 0 Å². The number of rotatable bonds is 0. The van der Waals surface area contributed by atoms with Crippen LogP contribution in [0.15, 0.2) is 12.3 Å². The van der Waals surface area contributed by atoms with E-state index in [0.717, 1.165) is 6.07 Å². The van der Waals surface area contributed by atoms with E-state index < -0.39 is 11.9 Å². The Balaban J connectivity index is 2.73. The van der Waals surface area contributed by atoms with Gasteiger partial charge in [-0.05, 0) is 6.07 Å². The van der Waals surface area contributed by atoms with Gasteiger partial charge in [-0.25, -0.2) is 4.98 Å². The molecular formula is C8H3F3N4. The van der Waals surface area contributed by atoms with Crippen LogP contribution >= 0.6 is 0 Å². The molecule has 7 heteroatoms. The molecule has 0 bridgehead atoms. The summed E-state index contributed by atoms with van der Waals surface area (Å²) in [5.74, 6) is 0. The number of nitrogens with one attached hydrogen (secondary N) is 1. The molecule has 0 radical (unpaired) electrons. The molecule has 1 N–H and O–H groups in total. The molecule has 0 spiro atoms. The highest BCUT2D eigenvalue weighted by Gasteiger charge is 2.35. The van der Waals surface area contributed by atoms with E-state index >= 15 is 0 Å². The smallest absolute Gasteiger partial charge is 0.271 e. The predicted octanol–water partition coefficient (Wildman–Crippen LogP) is 1.85. The van der Waals surface area contributed by atoms with Gasteiger partial charge in [0.2, 0.25) is 0 Å². The minimum atomic E-state index is -4.52. The van der Waals surface area contributed by atoms with Gasteiger partial charge in [0.25, 0.3) is 0 Å². The lowest BCUT2D eigenvalue weighted by Crippen LogP contribution is -2.05. The van der Waals surface area contributed by atoms with Crippen molar-refractivity contribution in [2.24, 2.45) is 0 Å². The van der Waals surface area contributed by atoms with E-state index in [-0.39, 0.29) is 16.6 Å². The number of nitriles is 1. The van der Waals surface area contributed by atoms with Crippen LogP contribution in [-0.2, 0) is 6.18 Å². The highest BCUT2D eigenvalue weighted by atomic mass is 19.4. The minimum Gasteiger partial charge on any atom is -0.271 e. The lowest BCUT2D eigenvalue weighted by Gasteiger charge is -2.02. The summed E-state index contributed by atoms with van der Waals surface area (Å²) in [5.41, 5.74) is -0.974. The van der Waals surface area contributed by atoms with E-state index in [1.54, 1.807) is 6.07 Å². The second-order valence-corrected chi connectivity index (χ2v) is 2.80. The van der Waals surface area contributed by atoms with Crippen molar-refractivity contribution >= 4 is 11.0 Å². The summed E-state index contributed by atoms with van der Waals surface area (Å²) in [6.07, 6.45) is -3.35. The van der Waals surface area contributed by atoms with Crippen molar-refractivity contribution in [3.63, 3.8) is 0 Å². The van der Waals surface area contributed by atoms with Crippen molar-refractivity contribution in [3.8, 4) is 6.07 Å². The first-order valence-corrected chi connectivity index (χ1v) is 3.84. The van der Waals surface area contributed by atoms with E-state index in [1.807, 2.05) is 5.10 Å². The maximum Gasteiger partial charge on any atom is 0.433 e. The van der Waals surface area contributed by atoms with E-state index in [9.17, 15) is 13.2 Å². The average Bonchev–Trinajstić information content (AvgIpc) is 2.59. The molecular weight excluding hydrogens is 209 g/mol. The second kappa shape index (κ2) is 2.95. The number of aromatic amines is 1. The van der Waals surface area contributed by atoms with E-state index in [1.165, 1.54) is 6.20 Å². The van der Waals surface area contributed by atoms with Crippen molar-refractivity contribution in [2.75, 3.05) is 0 Å². The van der Waals surface area contributed by atoms with Gasteiger partial charge in [0, 0.05) is 6.20 Å². The Kier molecular flexibility index (Phi) is 1.86. The summed E-state index contributed by atoms with van der Waals surface area (Å²) >= 11 is 0. The molecule has 0 saturated carbocycles. The van der Waals surface area contributed by atoms with Crippen LogP contribution in [0.3, 0.4) is 0 Å². The molecule has 0 fully saturated rings. The predicted molar refractivity (Wildman–Crippen MR) is 43.6 cm³/mol. The van der Waals surface area contributed by atoms with Gasteiger partial charge in [-0.1, -0.05) is 0 Å². The lowest BCUT2D eigenvalue weighted by atomic mass is 10.2. The zero-order valence-corrected chi connectivity index (χ0v) is 7.13. The van der Waals surface area contributed by atoms with Crippen molar-refractivity contribution in [1.29, 1.82) is 5.26 Å². The van der Waals surface area contributed by atoms with Crippen LogP contribution in [0.1, 0.15) is 11.3 Å². The number of H-pyrrole nitrogens is 1. The first kappa shape index (κ1) is 9.45. The molecule has 2 heterocycles. The SMILES string of the molecule is N#Cc1cnc2n[nH]c(C(F)(F)F)c2c1. The van der Waals surface area contributed by atoms with E-state index in [0.29, 0.717) is 0 Å². The summed E-state index contributed by atoms with van der Waals surface area (Å²) < 4.78 is 37.2. The summed E-state index contributed by atoms with van der Waals surface area (Å²) in [5, 5.41) is 13.6. The topological polar surface area (TPSA) is 65.4 Å². The monoisotopic (exact) mass is 212 g/mol. The van der Waals surface area contributed by atoms with Gasteiger partial charge in [-0.3, -0.25) is 5.10 Å². The highest BCUT2D eigenvalue weighted by Crippen LogP contribution is 2.32. The third-order valence-corrected chi connectivity index (χ3v) is 1.82. The summed E-state index contributed by atoms with van der Waals surface area (Å²) in [6, 6.07) is 2.82. The Morgan fingerprint density at radius 1 is 1.40 bits per heavy atom. The minimum absolute atomic E-state index is 0.0543.